The second kappa shape index (κ2) is 13.2. The molecule has 2 aliphatic rings. The van der Waals surface area contributed by atoms with E-state index in [9.17, 15) is 0 Å². The minimum atomic E-state index is -0.532. The van der Waals surface area contributed by atoms with Gasteiger partial charge in [-0.2, -0.15) is 0 Å². The summed E-state index contributed by atoms with van der Waals surface area (Å²) in [5.41, 5.74) is 18.9. The van der Waals surface area contributed by atoms with Gasteiger partial charge in [0.15, 0.2) is 0 Å². The van der Waals surface area contributed by atoms with Crippen molar-refractivity contribution in [3.63, 3.8) is 0 Å². The average Bonchev–Trinajstić information content (AvgIpc) is 4.05. The maximum Gasteiger partial charge on any atom is 0.137 e. The SMILES string of the molecule is CC1(C)c2ccccc2-c2ccc(N(c3cccc(C4(c5ccccc5)c5ccccc5-c5ccccc54)c3)c3ccc4c(c3)oc3cc5cc6c(cc5cc34)oc3ccccc36)cc21. The van der Waals surface area contributed by atoms with E-state index in [0.29, 0.717) is 0 Å². The molecule has 306 valence electrons. The van der Waals surface area contributed by atoms with Gasteiger partial charge in [0.2, 0.25) is 0 Å². The summed E-state index contributed by atoms with van der Waals surface area (Å²) in [6.07, 6.45) is 0. The standard InChI is InChI=1S/C62H41NO2/c1-61(2)53-23-10-6-19-45(53)48-29-27-43(36-56(48)61)63(42-18-14-17-41(35-42)62(40-15-4-3-5-16-40)54-24-11-7-20-46(54)47-21-8-12-25-55(47)62)44-28-30-50-52-32-39-33-58-51(49-22-9-13-26-57(49)64-58)31-38(39)34-59(52)65-60(50)37-44/h3-37H,1-2H3. The Balaban J connectivity index is 0.986. The molecule has 10 aromatic carbocycles. The lowest BCUT2D eigenvalue weighted by molar-refractivity contribution is 0.660. The normalized spacial score (nSPS) is 14.2. The molecule has 0 amide bonds. The fourth-order valence-corrected chi connectivity index (χ4v) is 11.7. The highest BCUT2D eigenvalue weighted by molar-refractivity contribution is 6.15. The van der Waals surface area contributed by atoms with Crippen LogP contribution in [0.25, 0.3) is 76.9 Å². The molecule has 0 N–H and O–H groups in total. The van der Waals surface area contributed by atoms with Gasteiger partial charge in [0.25, 0.3) is 0 Å². The highest BCUT2D eigenvalue weighted by atomic mass is 16.3. The second-order valence-corrected chi connectivity index (χ2v) is 18.4. The first-order chi connectivity index (χ1) is 31.9. The zero-order valence-electron chi connectivity index (χ0n) is 36.0. The van der Waals surface area contributed by atoms with Gasteiger partial charge >= 0.3 is 0 Å². The summed E-state index contributed by atoms with van der Waals surface area (Å²) in [5.74, 6) is 0. The molecule has 65 heavy (non-hydrogen) atoms. The highest BCUT2D eigenvalue weighted by Crippen LogP contribution is 2.57. The number of para-hydroxylation sites is 1. The molecule has 0 bridgehead atoms. The number of furan rings is 2. The Morgan fingerprint density at radius 1 is 0.323 bits per heavy atom. The Hall–Kier alpha value is -8.14. The third-order valence-corrected chi connectivity index (χ3v) is 14.7. The van der Waals surface area contributed by atoms with Crippen molar-refractivity contribution in [3.8, 4) is 22.3 Å². The first-order valence-electron chi connectivity index (χ1n) is 22.6. The first kappa shape index (κ1) is 36.4. The Bertz CT molecular complexity index is 3900. The molecule has 0 saturated carbocycles. The molecule has 0 unspecified atom stereocenters. The van der Waals surface area contributed by atoms with Crippen LogP contribution in [0.2, 0.25) is 0 Å². The van der Waals surface area contributed by atoms with E-state index in [-0.39, 0.29) is 5.41 Å². The molecule has 0 radical (unpaired) electrons. The molecule has 14 rings (SSSR count). The maximum atomic E-state index is 6.86. The minimum absolute atomic E-state index is 0.165. The topological polar surface area (TPSA) is 29.5 Å². The second-order valence-electron chi connectivity index (χ2n) is 18.4. The molecule has 2 aliphatic carbocycles. The van der Waals surface area contributed by atoms with Gasteiger partial charge in [-0.05, 0) is 133 Å². The zero-order valence-corrected chi connectivity index (χ0v) is 36.0. The summed E-state index contributed by atoms with van der Waals surface area (Å²) >= 11 is 0. The number of rotatable bonds is 5. The fraction of sp³-hybridized carbons (Fsp3) is 0.0645. The maximum absolute atomic E-state index is 6.86. The van der Waals surface area contributed by atoms with Crippen molar-refractivity contribution in [2.75, 3.05) is 4.90 Å². The van der Waals surface area contributed by atoms with Gasteiger partial charge in [0.05, 0.1) is 5.41 Å². The number of hydrogen-bond acceptors (Lipinski definition) is 3. The summed E-state index contributed by atoms with van der Waals surface area (Å²) in [7, 11) is 0. The van der Waals surface area contributed by atoms with Gasteiger partial charge in [0.1, 0.15) is 22.3 Å². The molecule has 2 aromatic heterocycles. The number of nitrogens with zero attached hydrogens (tertiary/aromatic N) is 1. The minimum Gasteiger partial charge on any atom is -0.456 e. The summed E-state index contributed by atoms with van der Waals surface area (Å²) in [6, 6.07) is 78.0. The van der Waals surface area contributed by atoms with Crippen LogP contribution in [0.3, 0.4) is 0 Å². The van der Waals surface area contributed by atoms with Crippen LogP contribution in [-0.2, 0) is 10.8 Å². The van der Waals surface area contributed by atoms with E-state index in [2.05, 4.69) is 219 Å². The molecular weight excluding hydrogens is 791 g/mol. The van der Waals surface area contributed by atoms with E-state index >= 15 is 0 Å². The quantitative estimate of drug-likeness (QED) is 0.173. The predicted octanol–water partition coefficient (Wildman–Crippen LogP) is 16.8. The van der Waals surface area contributed by atoms with Gasteiger partial charge in [0, 0.05) is 50.1 Å². The lowest BCUT2D eigenvalue weighted by Crippen LogP contribution is -2.28. The summed E-state index contributed by atoms with van der Waals surface area (Å²) in [5, 5.41) is 6.65. The Labute approximate surface area is 376 Å². The highest BCUT2D eigenvalue weighted by Gasteiger charge is 2.46. The van der Waals surface area contributed by atoms with E-state index in [4.69, 9.17) is 8.83 Å². The largest absolute Gasteiger partial charge is 0.456 e. The molecule has 3 heteroatoms. The van der Waals surface area contributed by atoms with Crippen LogP contribution >= 0.6 is 0 Å². The molecule has 3 nitrogen and oxygen atoms in total. The Morgan fingerprint density at radius 2 is 0.831 bits per heavy atom. The molecule has 12 aromatic rings. The van der Waals surface area contributed by atoms with Crippen LogP contribution < -0.4 is 4.90 Å². The van der Waals surface area contributed by atoms with Crippen molar-refractivity contribution >= 4 is 71.7 Å². The number of fused-ring (bicyclic) bond motifs is 13. The predicted molar refractivity (Wildman–Crippen MR) is 268 cm³/mol. The van der Waals surface area contributed by atoms with Crippen molar-refractivity contribution in [3.05, 3.63) is 246 Å². The van der Waals surface area contributed by atoms with Gasteiger partial charge in [-0.1, -0.05) is 153 Å². The van der Waals surface area contributed by atoms with E-state index in [1.54, 1.807) is 0 Å². The lowest BCUT2D eigenvalue weighted by Gasteiger charge is -2.35. The molecule has 0 fully saturated rings. The summed E-state index contributed by atoms with van der Waals surface area (Å²) in [6.45, 7) is 4.71. The van der Waals surface area contributed by atoms with Crippen LogP contribution in [0.1, 0.15) is 47.2 Å². The Morgan fingerprint density at radius 3 is 1.55 bits per heavy atom. The van der Waals surface area contributed by atoms with Crippen LogP contribution in [0, 0.1) is 0 Å². The van der Waals surface area contributed by atoms with E-state index in [1.165, 1.54) is 55.6 Å². The van der Waals surface area contributed by atoms with Crippen molar-refractivity contribution in [2.24, 2.45) is 0 Å². The third kappa shape index (κ3) is 5.01. The smallest absolute Gasteiger partial charge is 0.137 e. The van der Waals surface area contributed by atoms with E-state index in [0.717, 1.165) is 71.7 Å². The van der Waals surface area contributed by atoms with E-state index < -0.39 is 5.41 Å². The van der Waals surface area contributed by atoms with Gasteiger partial charge in [-0.25, -0.2) is 0 Å². The average molecular weight is 832 g/mol. The molecule has 0 atom stereocenters. The first-order valence-corrected chi connectivity index (χ1v) is 22.6. The number of benzene rings is 10. The zero-order chi connectivity index (χ0) is 43.0. The van der Waals surface area contributed by atoms with Crippen LogP contribution in [-0.4, -0.2) is 0 Å². The van der Waals surface area contributed by atoms with Gasteiger partial charge < -0.3 is 13.7 Å². The fourth-order valence-electron chi connectivity index (χ4n) is 11.7. The van der Waals surface area contributed by atoms with Crippen molar-refractivity contribution in [1.82, 2.24) is 0 Å². The van der Waals surface area contributed by atoms with Crippen molar-refractivity contribution < 1.29 is 8.83 Å². The third-order valence-electron chi connectivity index (χ3n) is 14.7. The molecule has 0 aliphatic heterocycles. The van der Waals surface area contributed by atoms with Crippen molar-refractivity contribution in [2.45, 2.75) is 24.7 Å². The lowest BCUT2D eigenvalue weighted by atomic mass is 9.67. The van der Waals surface area contributed by atoms with Crippen LogP contribution in [0.15, 0.2) is 221 Å². The van der Waals surface area contributed by atoms with Gasteiger partial charge in [-0.15, -0.1) is 0 Å². The van der Waals surface area contributed by atoms with Crippen LogP contribution in [0.4, 0.5) is 17.1 Å². The molecule has 0 saturated heterocycles. The summed E-state index contributed by atoms with van der Waals surface area (Å²) in [4.78, 5) is 2.43. The van der Waals surface area contributed by atoms with Crippen molar-refractivity contribution in [1.29, 1.82) is 0 Å². The van der Waals surface area contributed by atoms with Gasteiger partial charge in [-0.3, -0.25) is 0 Å². The van der Waals surface area contributed by atoms with E-state index in [1.807, 2.05) is 12.1 Å². The summed E-state index contributed by atoms with van der Waals surface area (Å²) < 4.78 is 13.2. The molecule has 2 heterocycles. The monoisotopic (exact) mass is 831 g/mol. The Kier molecular flexibility index (Phi) is 7.38. The number of anilines is 3. The number of hydrogen-bond donors (Lipinski definition) is 0. The molecule has 0 spiro atoms. The van der Waals surface area contributed by atoms with Crippen LogP contribution in [0.5, 0.6) is 0 Å². The molecular formula is C62H41NO2.